The number of esters is 2. The predicted octanol–water partition coefficient (Wildman–Crippen LogP) is 4.48. The highest BCUT2D eigenvalue weighted by atomic mass is 16.5. The van der Waals surface area contributed by atoms with Crippen molar-refractivity contribution in [3.63, 3.8) is 0 Å². The lowest BCUT2D eigenvalue weighted by Gasteiger charge is -2.30. The lowest BCUT2D eigenvalue weighted by Crippen LogP contribution is -2.40. The number of nitrogens with one attached hydrogen (secondary N) is 1. The number of ether oxygens (including phenoxy) is 2. The van der Waals surface area contributed by atoms with Crippen LogP contribution < -0.4 is 5.32 Å². The van der Waals surface area contributed by atoms with E-state index >= 15 is 0 Å². The molecule has 3 aliphatic rings. The van der Waals surface area contributed by atoms with E-state index in [2.05, 4.69) is 19.7 Å². The molecular weight excluding hydrogens is 507 g/mol. The highest BCUT2D eigenvalue weighted by molar-refractivity contribution is 6.31. The number of piperidine rings is 3. The van der Waals surface area contributed by atoms with Crippen LogP contribution in [0.4, 0.5) is 0 Å². The quantitative estimate of drug-likeness (QED) is 0.366. The summed E-state index contributed by atoms with van der Waals surface area (Å²) in [6.07, 6.45) is 5.95. The summed E-state index contributed by atoms with van der Waals surface area (Å²) in [5.41, 5.74) is 0. The molecule has 2 N–H and O–H groups in total. The van der Waals surface area contributed by atoms with Crippen LogP contribution in [0.2, 0.25) is 27.3 Å². The molecule has 3 unspecified atom stereocenters. The van der Waals surface area contributed by atoms with E-state index in [9.17, 15) is 14.4 Å². The Kier molecular flexibility index (Phi) is 36.7. The smallest absolute Gasteiger partial charge is 0.309 e. The largest absolute Gasteiger partial charge is 0.481 e. The van der Waals surface area contributed by atoms with Crippen LogP contribution in [-0.2, 0) is 23.9 Å². The van der Waals surface area contributed by atoms with Gasteiger partial charge in [0.2, 0.25) is 14.8 Å². The molecule has 0 aromatic carbocycles. The predicted molar refractivity (Wildman–Crippen MR) is 173 cm³/mol. The van der Waals surface area contributed by atoms with Gasteiger partial charge in [0.1, 0.15) is 7.28 Å². The average molecular weight is 570 g/mol. The third-order valence-electron chi connectivity index (χ3n) is 6.35. The lowest BCUT2D eigenvalue weighted by atomic mass is 9.88. The van der Waals surface area contributed by atoms with Crippen LogP contribution in [0, 0.1) is 17.8 Å². The lowest BCUT2D eigenvalue weighted by molar-refractivity contribution is -0.147. The third-order valence-corrected chi connectivity index (χ3v) is 6.35. The maximum atomic E-state index is 11.2. The maximum absolute atomic E-state index is 11.2. The molecule has 0 bridgehead atoms. The summed E-state index contributed by atoms with van der Waals surface area (Å²) in [4.78, 5) is 36.9. The second-order valence-corrected chi connectivity index (χ2v) is 9.19. The molecule has 9 nitrogen and oxygen atoms in total. The summed E-state index contributed by atoms with van der Waals surface area (Å²) >= 11 is 0. The van der Waals surface area contributed by atoms with Crippen LogP contribution in [-0.4, -0.2) is 108 Å². The number of methoxy groups -OCH3 is 2. The Hall–Kier alpha value is -1.52. The topological polar surface area (TPSA) is 108 Å². The number of aliphatic carboxylic acids is 1. The van der Waals surface area contributed by atoms with Gasteiger partial charge in [-0.1, -0.05) is 57.0 Å². The molecule has 3 atom stereocenters. The number of hydrogen-bond donors (Lipinski definition) is 2. The first-order valence-electron chi connectivity index (χ1n) is 13.2. The molecule has 3 saturated heterocycles. The van der Waals surface area contributed by atoms with Gasteiger partial charge in [0, 0.05) is 19.6 Å². The van der Waals surface area contributed by atoms with E-state index in [0.717, 1.165) is 71.2 Å². The Bertz CT molecular complexity index is 614. The van der Waals surface area contributed by atoms with Crippen molar-refractivity contribution in [3.8, 4) is 0 Å². The molecule has 0 aromatic rings. The van der Waals surface area contributed by atoms with E-state index in [1.807, 2.05) is 49.4 Å². The van der Waals surface area contributed by atoms with Crippen LogP contribution in [0.5, 0.6) is 0 Å². The van der Waals surface area contributed by atoms with Gasteiger partial charge in [0.15, 0.2) is 0 Å². The number of carbonyl (C=O) groups excluding carboxylic acids is 2. The molecule has 3 aliphatic heterocycles. The molecular formula is C28H63B3N3O6. The maximum Gasteiger partial charge on any atom is 0.309 e. The summed E-state index contributed by atoms with van der Waals surface area (Å²) < 4.78 is 9.31. The van der Waals surface area contributed by atoms with Gasteiger partial charge in [-0.05, 0) is 58.2 Å². The second kappa shape index (κ2) is 30.4. The van der Waals surface area contributed by atoms with E-state index < -0.39 is 5.97 Å². The zero-order valence-electron chi connectivity index (χ0n) is 23.3. The van der Waals surface area contributed by atoms with E-state index in [0.29, 0.717) is 6.54 Å². The number of carbonyl (C=O) groups is 3. The number of rotatable bonds is 5. The normalized spacial score (nSPS) is 21.6. The number of carboxylic acids is 1. The molecule has 0 spiro atoms. The average Bonchev–Trinajstić information content (AvgIpc) is 2.93. The molecule has 235 valence electrons. The van der Waals surface area contributed by atoms with Gasteiger partial charge in [-0.2, -0.15) is 0 Å². The monoisotopic (exact) mass is 570 g/mol. The minimum atomic E-state index is -0.656. The van der Waals surface area contributed by atoms with Gasteiger partial charge in [0.25, 0.3) is 0 Å². The first kappa shape index (κ1) is 48.2. The van der Waals surface area contributed by atoms with Crippen molar-refractivity contribution in [2.75, 3.05) is 53.5 Å². The Morgan fingerprint density at radius 1 is 0.725 bits per heavy atom. The van der Waals surface area contributed by atoms with Crippen LogP contribution >= 0.6 is 0 Å². The summed E-state index contributed by atoms with van der Waals surface area (Å²) in [6.45, 7) is 13.4. The van der Waals surface area contributed by atoms with Crippen molar-refractivity contribution in [1.29, 1.82) is 0 Å². The van der Waals surface area contributed by atoms with Gasteiger partial charge in [-0.15, -0.1) is 0 Å². The Labute approximate surface area is 250 Å². The Balaban J connectivity index is -0.000000139. The second-order valence-electron chi connectivity index (χ2n) is 9.19. The van der Waals surface area contributed by atoms with Crippen LogP contribution in [0.15, 0.2) is 0 Å². The van der Waals surface area contributed by atoms with Crippen LogP contribution in [0.25, 0.3) is 0 Å². The Morgan fingerprint density at radius 2 is 1.12 bits per heavy atom. The number of hydrogen-bond acceptors (Lipinski definition) is 8. The SMILES string of the molecule is C.C.C.C.COC(=O)C1CCCNC1.C[B]C.C[B]N1CCCC(C(=O)O)C1.C[B]N1CCCC(C(=O)OC)C1. The fraction of sp³-hybridized carbons (Fsp3) is 0.893. The van der Waals surface area contributed by atoms with Gasteiger partial charge in [-0.25, -0.2) is 0 Å². The first-order chi connectivity index (χ1) is 17.3. The highest BCUT2D eigenvalue weighted by Crippen LogP contribution is 2.17. The van der Waals surface area contributed by atoms with E-state index in [1.165, 1.54) is 14.2 Å². The zero-order valence-corrected chi connectivity index (χ0v) is 23.3. The first-order valence-corrected chi connectivity index (χ1v) is 13.2. The molecule has 3 radical (unpaired) electrons. The number of nitrogens with zero attached hydrogens (tertiary/aromatic N) is 2. The van der Waals surface area contributed by atoms with E-state index in [1.54, 1.807) is 0 Å². The van der Waals surface area contributed by atoms with Crippen molar-refractivity contribution >= 4 is 40.0 Å². The molecule has 0 aliphatic carbocycles. The van der Waals surface area contributed by atoms with Crippen molar-refractivity contribution < 1.29 is 29.0 Å². The molecule has 3 heterocycles. The van der Waals surface area contributed by atoms with Crippen molar-refractivity contribution in [2.24, 2.45) is 17.8 Å². The molecule has 40 heavy (non-hydrogen) atoms. The number of carboxylic acid groups (broad SMARTS) is 1. The van der Waals surface area contributed by atoms with Gasteiger partial charge in [-0.3, -0.25) is 14.4 Å². The van der Waals surface area contributed by atoms with E-state index in [4.69, 9.17) is 9.84 Å². The molecule has 0 amide bonds. The standard InChI is InChI=1S/C8H15BNO2.C7H13BNO2.C7H13NO2.C2H6B.4CH4/c1-9-10-5-3-4-7(6-10)8(11)12-2;1-8-9-4-2-3-6(5-9)7(10)11;1-10-7(9)6-3-2-4-8-5-6;1-3-2;;;;/h7H,3-6H2,1-2H3;6H,2-5H2,1H3,(H,10,11);6,8H,2-5H2,1H3;1-2H3;4*1H4. The minimum Gasteiger partial charge on any atom is -0.481 e. The molecule has 12 heteroatoms. The molecule has 3 rings (SSSR count). The summed E-state index contributed by atoms with van der Waals surface area (Å²) in [7, 11) is 8.90. The van der Waals surface area contributed by atoms with Gasteiger partial charge in [0.05, 0.1) is 32.0 Å². The molecule has 0 saturated carbocycles. The fourth-order valence-electron chi connectivity index (χ4n) is 4.26. The minimum absolute atomic E-state index is 0. The van der Waals surface area contributed by atoms with Crippen LogP contribution in [0.1, 0.15) is 68.2 Å². The van der Waals surface area contributed by atoms with Gasteiger partial charge >= 0.3 is 17.9 Å². The highest BCUT2D eigenvalue weighted by Gasteiger charge is 2.25. The third kappa shape index (κ3) is 21.3. The van der Waals surface area contributed by atoms with Crippen molar-refractivity contribution in [2.45, 2.75) is 95.5 Å². The summed E-state index contributed by atoms with van der Waals surface area (Å²) in [5.74, 6) is -0.774. The van der Waals surface area contributed by atoms with Crippen LogP contribution in [0.3, 0.4) is 0 Å². The summed E-state index contributed by atoms with van der Waals surface area (Å²) in [6, 6.07) is 0. The van der Waals surface area contributed by atoms with Gasteiger partial charge < -0.3 is 29.5 Å². The molecule has 0 aromatic heterocycles. The summed E-state index contributed by atoms with van der Waals surface area (Å²) in [5, 5.41) is 11.9. The van der Waals surface area contributed by atoms with Crippen molar-refractivity contribution in [1.82, 2.24) is 14.9 Å². The zero-order chi connectivity index (χ0) is 27.3. The Morgan fingerprint density at radius 3 is 1.50 bits per heavy atom. The molecule has 3 fully saturated rings. The fourth-order valence-corrected chi connectivity index (χ4v) is 4.26. The van der Waals surface area contributed by atoms with Crippen molar-refractivity contribution in [3.05, 3.63) is 0 Å². The van der Waals surface area contributed by atoms with E-state index in [-0.39, 0.29) is 59.4 Å².